The Morgan fingerprint density at radius 3 is 2.53 bits per heavy atom. The molecule has 3 atom stereocenters. The van der Waals surface area contributed by atoms with E-state index in [1.54, 1.807) is 7.05 Å². The summed E-state index contributed by atoms with van der Waals surface area (Å²) in [7, 11) is 3.32. The molecule has 106 valence electrons. The maximum atomic E-state index is 12.8. The molecule has 1 aliphatic rings. The Morgan fingerprint density at radius 2 is 1.95 bits per heavy atom. The summed E-state index contributed by atoms with van der Waals surface area (Å²) in [6, 6.07) is 5.35. The molecule has 0 spiro atoms. The van der Waals surface area contributed by atoms with Gasteiger partial charge in [-0.15, -0.1) is 0 Å². The van der Waals surface area contributed by atoms with E-state index in [2.05, 4.69) is 5.32 Å². The SMILES string of the molecule is CNC1CC(Oc2ccccc2C(F)(F)F)C1OC. The summed E-state index contributed by atoms with van der Waals surface area (Å²) < 4.78 is 49.1. The Balaban J connectivity index is 2.12. The van der Waals surface area contributed by atoms with Gasteiger partial charge in [0.25, 0.3) is 0 Å². The zero-order valence-corrected chi connectivity index (χ0v) is 10.7. The first-order valence-electron chi connectivity index (χ1n) is 6.00. The summed E-state index contributed by atoms with van der Waals surface area (Å²) >= 11 is 0. The Labute approximate surface area is 109 Å². The molecule has 2 rings (SSSR count). The molecule has 1 N–H and O–H groups in total. The van der Waals surface area contributed by atoms with Gasteiger partial charge in [0.05, 0.1) is 5.56 Å². The van der Waals surface area contributed by atoms with Crippen molar-refractivity contribution in [2.24, 2.45) is 0 Å². The summed E-state index contributed by atoms with van der Waals surface area (Å²) in [6.45, 7) is 0. The molecule has 1 aromatic carbocycles. The third-order valence-corrected chi connectivity index (χ3v) is 3.36. The van der Waals surface area contributed by atoms with Crippen molar-refractivity contribution >= 4 is 0 Å². The van der Waals surface area contributed by atoms with Gasteiger partial charge in [-0.1, -0.05) is 12.1 Å². The predicted octanol–water partition coefficient (Wildman–Crippen LogP) is 2.46. The van der Waals surface area contributed by atoms with Gasteiger partial charge in [0.2, 0.25) is 0 Å². The lowest BCUT2D eigenvalue weighted by molar-refractivity contribution is -0.142. The second-order valence-electron chi connectivity index (χ2n) is 4.48. The van der Waals surface area contributed by atoms with Crippen molar-refractivity contribution in [3.8, 4) is 5.75 Å². The van der Waals surface area contributed by atoms with Crippen LogP contribution in [0.2, 0.25) is 0 Å². The van der Waals surface area contributed by atoms with Gasteiger partial charge in [-0.2, -0.15) is 13.2 Å². The Kier molecular flexibility index (Phi) is 4.01. The fraction of sp³-hybridized carbons (Fsp3) is 0.538. The molecular formula is C13H16F3NO2. The summed E-state index contributed by atoms with van der Waals surface area (Å²) in [5, 5.41) is 3.04. The second-order valence-corrected chi connectivity index (χ2v) is 4.48. The minimum Gasteiger partial charge on any atom is -0.487 e. The number of hydrogen-bond acceptors (Lipinski definition) is 3. The molecule has 1 saturated carbocycles. The lowest BCUT2D eigenvalue weighted by Crippen LogP contribution is -2.60. The van der Waals surface area contributed by atoms with Crippen molar-refractivity contribution in [3.05, 3.63) is 29.8 Å². The predicted molar refractivity (Wildman–Crippen MR) is 64.1 cm³/mol. The van der Waals surface area contributed by atoms with Gasteiger partial charge in [0.1, 0.15) is 18.0 Å². The number of alkyl halides is 3. The Morgan fingerprint density at radius 1 is 1.26 bits per heavy atom. The number of likely N-dealkylation sites (N-methyl/N-ethyl adjacent to an activating group) is 1. The van der Waals surface area contributed by atoms with Gasteiger partial charge in [-0.05, 0) is 19.2 Å². The van der Waals surface area contributed by atoms with Crippen LogP contribution in [0.25, 0.3) is 0 Å². The van der Waals surface area contributed by atoms with E-state index in [0.29, 0.717) is 6.42 Å². The average Bonchev–Trinajstić information content (AvgIpc) is 2.33. The fourth-order valence-electron chi connectivity index (χ4n) is 2.26. The quantitative estimate of drug-likeness (QED) is 0.915. The second kappa shape index (κ2) is 5.38. The maximum Gasteiger partial charge on any atom is 0.419 e. The Hall–Kier alpha value is -1.27. The summed E-state index contributed by atoms with van der Waals surface area (Å²) in [6.07, 6.45) is -4.37. The van der Waals surface area contributed by atoms with Gasteiger partial charge >= 0.3 is 6.18 Å². The molecule has 0 heterocycles. The molecule has 19 heavy (non-hydrogen) atoms. The molecule has 0 saturated heterocycles. The van der Waals surface area contributed by atoms with Crippen LogP contribution in [0.4, 0.5) is 13.2 Å². The van der Waals surface area contributed by atoms with E-state index in [1.807, 2.05) is 0 Å². The number of ether oxygens (including phenoxy) is 2. The summed E-state index contributed by atoms with van der Waals surface area (Å²) in [5.41, 5.74) is -0.752. The van der Waals surface area contributed by atoms with Crippen molar-refractivity contribution in [1.29, 1.82) is 0 Å². The van der Waals surface area contributed by atoms with Gasteiger partial charge in [0, 0.05) is 19.6 Å². The molecule has 6 heteroatoms. The minimum atomic E-state index is -4.41. The third-order valence-electron chi connectivity index (χ3n) is 3.36. The van der Waals surface area contributed by atoms with Crippen LogP contribution in [0.5, 0.6) is 5.75 Å². The molecule has 1 aliphatic carbocycles. The molecule has 3 nitrogen and oxygen atoms in total. The van der Waals surface area contributed by atoms with Crippen LogP contribution in [0.15, 0.2) is 24.3 Å². The molecule has 0 bridgehead atoms. The molecule has 0 amide bonds. The number of nitrogens with one attached hydrogen (secondary N) is 1. The number of hydrogen-bond donors (Lipinski definition) is 1. The maximum absolute atomic E-state index is 12.8. The van der Waals surface area contributed by atoms with Crippen LogP contribution < -0.4 is 10.1 Å². The highest BCUT2D eigenvalue weighted by Crippen LogP contribution is 2.38. The zero-order chi connectivity index (χ0) is 14.0. The monoisotopic (exact) mass is 275 g/mol. The first kappa shape index (κ1) is 14.1. The Bertz CT molecular complexity index is 436. The smallest absolute Gasteiger partial charge is 0.419 e. The number of halogens is 3. The number of benzene rings is 1. The number of rotatable bonds is 4. The fourth-order valence-corrected chi connectivity index (χ4v) is 2.26. The molecular weight excluding hydrogens is 259 g/mol. The van der Waals surface area contributed by atoms with E-state index < -0.39 is 11.7 Å². The van der Waals surface area contributed by atoms with Crippen LogP contribution in [-0.4, -0.2) is 32.4 Å². The van der Waals surface area contributed by atoms with Gasteiger partial charge in [0.15, 0.2) is 0 Å². The normalized spacial score (nSPS) is 26.9. The molecule has 0 aliphatic heterocycles. The first-order valence-corrected chi connectivity index (χ1v) is 6.00. The highest BCUT2D eigenvalue weighted by Gasteiger charge is 2.43. The standard InChI is InChI=1S/C13H16F3NO2/c1-17-9-7-11(12(9)18-2)19-10-6-4-3-5-8(10)13(14,15)16/h3-6,9,11-12,17H,7H2,1-2H3. The van der Waals surface area contributed by atoms with Crippen molar-refractivity contribution < 1.29 is 22.6 Å². The van der Waals surface area contributed by atoms with Crippen LogP contribution >= 0.6 is 0 Å². The average molecular weight is 275 g/mol. The van der Waals surface area contributed by atoms with Crippen molar-refractivity contribution in [2.45, 2.75) is 30.8 Å². The largest absolute Gasteiger partial charge is 0.487 e. The lowest BCUT2D eigenvalue weighted by atomic mass is 9.85. The third kappa shape index (κ3) is 2.84. The highest BCUT2D eigenvalue weighted by atomic mass is 19.4. The lowest BCUT2D eigenvalue weighted by Gasteiger charge is -2.43. The van der Waals surface area contributed by atoms with E-state index in [4.69, 9.17) is 9.47 Å². The highest BCUT2D eigenvalue weighted by molar-refractivity contribution is 5.36. The topological polar surface area (TPSA) is 30.5 Å². The number of methoxy groups -OCH3 is 1. The van der Waals surface area contributed by atoms with Crippen molar-refractivity contribution in [1.82, 2.24) is 5.32 Å². The van der Waals surface area contributed by atoms with Gasteiger partial charge < -0.3 is 14.8 Å². The van der Waals surface area contributed by atoms with Crippen LogP contribution in [-0.2, 0) is 10.9 Å². The summed E-state index contributed by atoms with van der Waals surface area (Å²) in [4.78, 5) is 0. The van der Waals surface area contributed by atoms with Crippen LogP contribution in [0, 0.1) is 0 Å². The number of para-hydroxylation sites is 1. The van der Waals surface area contributed by atoms with Gasteiger partial charge in [-0.25, -0.2) is 0 Å². The molecule has 1 aromatic rings. The molecule has 3 unspecified atom stereocenters. The van der Waals surface area contributed by atoms with Crippen molar-refractivity contribution in [3.63, 3.8) is 0 Å². The zero-order valence-electron chi connectivity index (χ0n) is 10.7. The summed E-state index contributed by atoms with van der Waals surface area (Å²) in [5.74, 6) is -0.142. The van der Waals surface area contributed by atoms with E-state index in [-0.39, 0.29) is 24.0 Å². The minimum absolute atomic E-state index is 0.119. The van der Waals surface area contributed by atoms with E-state index in [1.165, 1.54) is 25.3 Å². The molecule has 0 radical (unpaired) electrons. The molecule has 0 aromatic heterocycles. The van der Waals surface area contributed by atoms with E-state index >= 15 is 0 Å². The van der Waals surface area contributed by atoms with Crippen molar-refractivity contribution in [2.75, 3.05) is 14.2 Å². The van der Waals surface area contributed by atoms with Crippen LogP contribution in [0.3, 0.4) is 0 Å². The van der Waals surface area contributed by atoms with Gasteiger partial charge in [-0.3, -0.25) is 0 Å². The molecule has 1 fully saturated rings. The van der Waals surface area contributed by atoms with E-state index in [0.717, 1.165) is 6.07 Å². The first-order chi connectivity index (χ1) is 8.97. The van der Waals surface area contributed by atoms with E-state index in [9.17, 15) is 13.2 Å². The van der Waals surface area contributed by atoms with Crippen LogP contribution in [0.1, 0.15) is 12.0 Å².